The first kappa shape index (κ1) is 23.4. The largest absolute Gasteiger partial charge is 0.318 e. The number of nitrogens with zero attached hydrogens (tertiary/aromatic N) is 2. The number of thiol groups is 1. The SMILES string of the molecule is CC[C@@H]1N=C(c2ccc(F)cc2)c2cc(Cl)c(CCN[SH](=O)=O)cc2-c2cn(C)c(=O)cc21. The molecule has 33 heavy (non-hydrogen) atoms. The van der Waals surface area contributed by atoms with E-state index in [1.807, 2.05) is 19.1 Å². The minimum absolute atomic E-state index is 0.133. The molecule has 3 aromatic rings. The zero-order valence-electron chi connectivity index (χ0n) is 18.1. The predicted octanol–water partition coefficient (Wildman–Crippen LogP) is 3.81. The lowest BCUT2D eigenvalue weighted by molar-refractivity contribution is 0.602. The van der Waals surface area contributed by atoms with E-state index in [2.05, 4.69) is 4.72 Å². The van der Waals surface area contributed by atoms with Crippen LogP contribution in [-0.4, -0.2) is 25.2 Å². The second-order valence-corrected chi connectivity index (χ2v) is 9.14. The Morgan fingerprint density at radius 2 is 1.85 bits per heavy atom. The fraction of sp³-hybridized carbons (Fsp3) is 0.250. The van der Waals surface area contributed by atoms with Crippen LogP contribution in [0, 0.1) is 5.82 Å². The molecule has 9 heteroatoms. The van der Waals surface area contributed by atoms with Gasteiger partial charge in [0, 0.05) is 47.6 Å². The summed E-state index contributed by atoms with van der Waals surface area (Å²) in [6, 6.07) is 11.2. The number of hydrogen-bond acceptors (Lipinski definition) is 4. The average molecular weight is 488 g/mol. The van der Waals surface area contributed by atoms with E-state index < -0.39 is 10.9 Å². The van der Waals surface area contributed by atoms with Crippen LogP contribution in [0.15, 0.2) is 58.4 Å². The van der Waals surface area contributed by atoms with Gasteiger partial charge in [0.25, 0.3) is 5.56 Å². The Balaban J connectivity index is 1.98. The Hall–Kier alpha value is -2.81. The number of fused-ring (bicyclic) bond motifs is 3. The Bertz CT molecular complexity index is 1370. The third-order valence-electron chi connectivity index (χ3n) is 5.78. The molecule has 0 amide bonds. The van der Waals surface area contributed by atoms with Gasteiger partial charge in [-0.25, -0.2) is 17.5 Å². The van der Waals surface area contributed by atoms with Gasteiger partial charge in [0.2, 0.25) is 10.9 Å². The van der Waals surface area contributed by atoms with Crippen molar-refractivity contribution in [1.82, 2.24) is 9.29 Å². The minimum Gasteiger partial charge on any atom is -0.318 e. The molecule has 2 heterocycles. The topological polar surface area (TPSA) is 80.5 Å². The molecule has 0 fully saturated rings. The molecule has 1 atom stereocenters. The highest BCUT2D eigenvalue weighted by Crippen LogP contribution is 2.40. The van der Waals surface area contributed by atoms with Gasteiger partial charge in [-0.15, -0.1) is 0 Å². The summed E-state index contributed by atoms with van der Waals surface area (Å²) in [5.41, 5.74) is 5.33. The lowest BCUT2D eigenvalue weighted by Crippen LogP contribution is -2.17. The van der Waals surface area contributed by atoms with Crippen LogP contribution in [0.1, 0.15) is 41.6 Å². The zero-order valence-corrected chi connectivity index (χ0v) is 19.8. The van der Waals surface area contributed by atoms with E-state index in [4.69, 9.17) is 16.6 Å². The second kappa shape index (κ2) is 9.59. The van der Waals surface area contributed by atoms with Gasteiger partial charge >= 0.3 is 0 Å². The van der Waals surface area contributed by atoms with Gasteiger partial charge < -0.3 is 4.57 Å². The molecule has 0 unspecified atom stereocenters. The summed E-state index contributed by atoms with van der Waals surface area (Å²) >= 11 is 6.61. The van der Waals surface area contributed by atoms with Crippen LogP contribution in [0.5, 0.6) is 0 Å². The molecule has 0 radical (unpaired) electrons. The summed E-state index contributed by atoms with van der Waals surface area (Å²) in [5.74, 6) is -0.343. The minimum atomic E-state index is -2.70. The molecule has 0 saturated heterocycles. The number of nitrogens with one attached hydrogen (secondary N) is 1. The normalized spacial score (nSPS) is 15.1. The Labute approximate surface area is 197 Å². The summed E-state index contributed by atoms with van der Waals surface area (Å²) in [6.07, 6.45) is 2.86. The Morgan fingerprint density at radius 1 is 1.12 bits per heavy atom. The average Bonchev–Trinajstić information content (AvgIpc) is 2.89. The summed E-state index contributed by atoms with van der Waals surface area (Å²) in [4.78, 5) is 17.5. The first-order chi connectivity index (χ1) is 15.8. The van der Waals surface area contributed by atoms with E-state index in [1.54, 1.807) is 31.4 Å². The fourth-order valence-corrected chi connectivity index (χ4v) is 4.65. The highest BCUT2D eigenvalue weighted by atomic mass is 35.5. The third kappa shape index (κ3) is 4.78. The molecule has 0 aliphatic carbocycles. The summed E-state index contributed by atoms with van der Waals surface area (Å²) in [6.45, 7) is 2.22. The van der Waals surface area contributed by atoms with Crippen molar-refractivity contribution < 1.29 is 12.8 Å². The number of aliphatic imine (C=N–C) groups is 1. The van der Waals surface area contributed by atoms with Crippen LogP contribution in [-0.2, 0) is 24.4 Å². The van der Waals surface area contributed by atoms with Crippen molar-refractivity contribution in [3.63, 3.8) is 0 Å². The molecule has 4 rings (SSSR count). The maximum Gasteiger partial charge on any atom is 0.250 e. The maximum atomic E-state index is 13.6. The summed E-state index contributed by atoms with van der Waals surface area (Å²) in [5, 5.41) is 0.479. The molecule has 1 N–H and O–H groups in total. The lowest BCUT2D eigenvalue weighted by atomic mass is 9.90. The van der Waals surface area contributed by atoms with Crippen LogP contribution >= 0.6 is 11.6 Å². The first-order valence-electron chi connectivity index (χ1n) is 10.5. The predicted molar refractivity (Wildman–Crippen MR) is 129 cm³/mol. The standard InChI is InChI=1S/C24H23ClFN3O3S/c1-3-22-18-12-23(30)29(2)13-20(18)17-10-15(8-9-27-33(31)32)21(25)11-19(17)24(28-22)14-4-6-16(26)7-5-14/h4-7,10-13,22,33H,3,8-9H2,1-2H3,(H,27,31,32)/t22-/m0/s1. The van der Waals surface area contributed by atoms with Gasteiger partial charge in [-0.1, -0.05) is 18.5 Å². The van der Waals surface area contributed by atoms with Crippen molar-refractivity contribution in [3.8, 4) is 11.1 Å². The van der Waals surface area contributed by atoms with Crippen molar-refractivity contribution in [2.24, 2.45) is 12.0 Å². The van der Waals surface area contributed by atoms with Gasteiger partial charge in [-0.2, -0.15) is 0 Å². The van der Waals surface area contributed by atoms with Gasteiger partial charge in [-0.05, 0) is 65.9 Å². The number of halogens is 2. The number of rotatable bonds is 6. The highest BCUT2D eigenvalue weighted by Gasteiger charge is 2.26. The van der Waals surface area contributed by atoms with E-state index in [0.29, 0.717) is 23.6 Å². The monoisotopic (exact) mass is 487 g/mol. The molecule has 0 spiro atoms. The molecular weight excluding hydrogens is 465 g/mol. The molecule has 172 valence electrons. The Morgan fingerprint density at radius 3 is 2.52 bits per heavy atom. The van der Waals surface area contributed by atoms with Gasteiger partial charge in [0.1, 0.15) is 5.82 Å². The van der Waals surface area contributed by atoms with Crippen LogP contribution < -0.4 is 10.3 Å². The van der Waals surface area contributed by atoms with E-state index in [9.17, 15) is 17.6 Å². The van der Waals surface area contributed by atoms with E-state index >= 15 is 0 Å². The van der Waals surface area contributed by atoms with E-state index in [0.717, 1.165) is 33.4 Å². The lowest BCUT2D eigenvalue weighted by Gasteiger charge is -2.16. The molecule has 1 aliphatic heterocycles. The Kier molecular flexibility index (Phi) is 6.78. The third-order valence-corrected chi connectivity index (χ3v) is 6.61. The quantitative estimate of drug-likeness (QED) is 0.519. The molecular formula is C24H23ClFN3O3S. The van der Waals surface area contributed by atoms with Crippen LogP contribution in [0.3, 0.4) is 0 Å². The van der Waals surface area contributed by atoms with Crippen molar-refractivity contribution in [2.45, 2.75) is 25.8 Å². The summed E-state index contributed by atoms with van der Waals surface area (Å²) in [7, 11) is -1.00. The van der Waals surface area contributed by atoms with Gasteiger partial charge in [0.15, 0.2) is 0 Å². The number of aromatic nitrogens is 1. The molecule has 1 aliphatic rings. The number of pyridine rings is 1. The van der Waals surface area contributed by atoms with Crippen LogP contribution in [0.4, 0.5) is 4.39 Å². The smallest absolute Gasteiger partial charge is 0.250 e. The number of aryl methyl sites for hydroxylation is 1. The molecule has 0 saturated carbocycles. The number of benzene rings is 2. The van der Waals surface area contributed by atoms with Crippen molar-refractivity contribution in [3.05, 3.63) is 92.1 Å². The molecule has 0 bridgehead atoms. The fourth-order valence-electron chi connectivity index (χ4n) is 4.10. The first-order valence-corrected chi connectivity index (χ1v) is 12.1. The second-order valence-electron chi connectivity index (χ2n) is 7.90. The van der Waals surface area contributed by atoms with Crippen molar-refractivity contribution in [1.29, 1.82) is 0 Å². The van der Waals surface area contributed by atoms with Crippen molar-refractivity contribution >= 4 is 28.2 Å². The van der Waals surface area contributed by atoms with Gasteiger partial charge in [0.05, 0.1) is 11.8 Å². The summed E-state index contributed by atoms with van der Waals surface area (Å²) < 4.78 is 39.3. The van der Waals surface area contributed by atoms with Crippen LogP contribution in [0.25, 0.3) is 11.1 Å². The zero-order chi connectivity index (χ0) is 23.7. The van der Waals surface area contributed by atoms with Gasteiger partial charge in [-0.3, -0.25) is 9.79 Å². The number of hydrogen-bond donors (Lipinski definition) is 2. The molecule has 6 nitrogen and oxygen atoms in total. The van der Waals surface area contributed by atoms with E-state index in [-0.39, 0.29) is 24.0 Å². The van der Waals surface area contributed by atoms with E-state index in [1.165, 1.54) is 16.7 Å². The molecule has 2 aromatic carbocycles. The van der Waals surface area contributed by atoms with Crippen LogP contribution in [0.2, 0.25) is 5.02 Å². The molecule has 1 aromatic heterocycles. The van der Waals surface area contributed by atoms with Crippen molar-refractivity contribution in [2.75, 3.05) is 6.54 Å². The highest BCUT2D eigenvalue weighted by molar-refractivity contribution is 7.70. The maximum absolute atomic E-state index is 13.6.